The number of carboxylic acids is 1. The molecule has 2 aromatic heterocycles. The molecule has 3 atom stereocenters. The summed E-state index contributed by atoms with van der Waals surface area (Å²) in [5.41, 5.74) is -1.33. The summed E-state index contributed by atoms with van der Waals surface area (Å²) in [4.78, 5) is 39.4. The average Bonchev–Trinajstić information content (AvgIpc) is 3.41. The minimum Gasteiger partial charge on any atom is -0.481 e. The number of carbonyl (C=O) groups is 3. The second kappa shape index (κ2) is 9.21. The molecule has 3 N–H and O–H groups in total. The van der Waals surface area contributed by atoms with E-state index in [0.29, 0.717) is 0 Å². The van der Waals surface area contributed by atoms with Crippen LogP contribution in [0.25, 0.3) is 0 Å². The van der Waals surface area contributed by atoms with Gasteiger partial charge in [-0.15, -0.1) is 28.2 Å². The Morgan fingerprint density at radius 2 is 2.18 bits per heavy atom. The highest BCUT2D eigenvalue weighted by molar-refractivity contribution is 8.00. The molecular weight excluding hydrogens is 516 g/mol. The fourth-order valence-electron chi connectivity index (χ4n) is 3.44. The molecule has 0 saturated carbocycles. The van der Waals surface area contributed by atoms with Crippen molar-refractivity contribution in [2.45, 2.75) is 28.9 Å². The second-order valence-corrected chi connectivity index (χ2v) is 12.0. The van der Waals surface area contributed by atoms with Gasteiger partial charge in [0.15, 0.2) is 5.88 Å². The van der Waals surface area contributed by atoms with Gasteiger partial charge in [-0.3, -0.25) is 18.9 Å². The number of aliphatic carboxylic acids is 1. The number of nitrogens with one attached hydrogen (secondary N) is 1. The van der Waals surface area contributed by atoms with Crippen LogP contribution in [0.15, 0.2) is 22.7 Å². The van der Waals surface area contributed by atoms with Gasteiger partial charge in [-0.25, -0.2) is 4.68 Å². The maximum Gasteiger partial charge on any atom is 0.313 e. The first kappa shape index (κ1) is 23.9. The lowest BCUT2D eigenvalue weighted by Gasteiger charge is -2.53. The topological polar surface area (TPSA) is 185 Å². The molecule has 2 aliphatic heterocycles. The normalized spacial score (nSPS) is 24.8. The fraction of sp³-hybridized carbons (Fsp3) is 0.500. The van der Waals surface area contributed by atoms with Gasteiger partial charge in [0.2, 0.25) is 17.0 Å². The summed E-state index contributed by atoms with van der Waals surface area (Å²) in [7, 11) is -4.39. The summed E-state index contributed by atoms with van der Waals surface area (Å²) < 4.78 is 32.1. The Balaban J connectivity index is 1.39. The van der Waals surface area contributed by atoms with Crippen LogP contribution in [0.2, 0.25) is 0 Å². The Bertz CT molecular complexity index is 1170. The van der Waals surface area contributed by atoms with E-state index in [2.05, 4.69) is 20.8 Å². The molecule has 178 valence electrons. The van der Waals surface area contributed by atoms with E-state index in [1.54, 1.807) is 0 Å². The van der Waals surface area contributed by atoms with E-state index in [1.807, 2.05) is 17.5 Å². The summed E-state index contributed by atoms with van der Waals surface area (Å²) >= 11 is 3.63. The number of thioether (sulfide) groups is 2. The second-order valence-electron chi connectivity index (χ2n) is 7.52. The third-order valence-electron chi connectivity index (χ3n) is 5.09. The Kier molecular flexibility index (Phi) is 6.68. The van der Waals surface area contributed by atoms with Gasteiger partial charge in [0.05, 0.1) is 6.42 Å². The predicted molar refractivity (Wildman–Crippen MR) is 118 cm³/mol. The van der Waals surface area contributed by atoms with E-state index in [0.717, 1.165) is 21.3 Å². The zero-order chi connectivity index (χ0) is 23.8. The zero-order valence-electron chi connectivity index (χ0n) is 16.7. The van der Waals surface area contributed by atoms with Crippen molar-refractivity contribution in [1.82, 2.24) is 30.4 Å². The molecule has 2 saturated heterocycles. The maximum atomic E-state index is 12.7. The molecule has 2 unspecified atom stereocenters. The largest absolute Gasteiger partial charge is 0.481 e. The molecule has 2 aromatic rings. The van der Waals surface area contributed by atoms with Crippen LogP contribution < -0.4 is 5.32 Å². The summed E-state index contributed by atoms with van der Waals surface area (Å²) in [5.74, 6) is -2.47. The number of fused-ring (bicyclic) bond motifs is 1. The summed E-state index contributed by atoms with van der Waals surface area (Å²) in [6.45, 7) is -0.0665. The molecule has 2 amide bonds. The lowest BCUT2D eigenvalue weighted by molar-refractivity contribution is -0.157. The molecule has 4 heterocycles. The third-order valence-corrected chi connectivity index (χ3v) is 9.37. The van der Waals surface area contributed by atoms with Gasteiger partial charge in [-0.2, -0.15) is 8.42 Å². The van der Waals surface area contributed by atoms with Gasteiger partial charge < -0.3 is 15.3 Å². The summed E-state index contributed by atoms with van der Waals surface area (Å²) in [5, 5.41) is 24.7. The Morgan fingerprint density at radius 3 is 2.85 bits per heavy atom. The van der Waals surface area contributed by atoms with E-state index in [-0.39, 0.29) is 46.8 Å². The lowest BCUT2D eigenvalue weighted by atomic mass is 9.89. The maximum absolute atomic E-state index is 12.7. The van der Waals surface area contributed by atoms with Crippen molar-refractivity contribution in [3.05, 3.63) is 22.4 Å². The van der Waals surface area contributed by atoms with Crippen molar-refractivity contribution in [3.8, 4) is 0 Å². The van der Waals surface area contributed by atoms with Crippen LogP contribution in [0.4, 0.5) is 0 Å². The molecule has 0 radical (unpaired) electrons. The zero-order valence-corrected chi connectivity index (χ0v) is 20.0. The highest BCUT2D eigenvalue weighted by atomic mass is 32.2. The molecule has 0 spiro atoms. The Morgan fingerprint density at radius 1 is 1.39 bits per heavy atom. The van der Waals surface area contributed by atoms with Crippen molar-refractivity contribution in [3.63, 3.8) is 0 Å². The predicted octanol–water partition coefficient (Wildman–Crippen LogP) is -0.614. The van der Waals surface area contributed by atoms with Gasteiger partial charge in [0.1, 0.15) is 16.8 Å². The smallest absolute Gasteiger partial charge is 0.313 e. The van der Waals surface area contributed by atoms with Crippen LogP contribution in [0.3, 0.4) is 0 Å². The van der Waals surface area contributed by atoms with Crippen LogP contribution in [-0.2, 0) is 36.8 Å². The van der Waals surface area contributed by atoms with Gasteiger partial charge >= 0.3 is 5.97 Å². The van der Waals surface area contributed by atoms with Gasteiger partial charge in [0, 0.05) is 22.9 Å². The van der Waals surface area contributed by atoms with Crippen LogP contribution in [-0.4, -0.2) is 90.4 Å². The number of tetrazole rings is 1. The van der Waals surface area contributed by atoms with E-state index >= 15 is 0 Å². The number of amides is 2. The van der Waals surface area contributed by atoms with Gasteiger partial charge in [-0.05, 0) is 21.9 Å². The highest BCUT2D eigenvalue weighted by Crippen LogP contribution is 2.44. The quantitative estimate of drug-likeness (QED) is 0.211. The first-order valence-electron chi connectivity index (χ1n) is 9.39. The van der Waals surface area contributed by atoms with Crippen LogP contribution in [0, 0.1) is 5.41 Å². The average molecular weight is 535 g/mol. The van der Waals surface area contributed by atoms with Crippen LogP contribution in [0.1, 0.15) is 4.88 Å². The standard InChI is InChI=1S/C16H18N6O7S4/c23-10(4-9-2-1-3-30-9)17-11-12(24)21-5-16(14(25)26,6-31-13(11)21)7-32-15-18-19-20-22(15)8-33(27,28)29/h1-3,11,13H,4-8H2,(H,17,23)(H,25,26)(H,27,28,29)/t11?,13-,16?/m1/s1. The number of hydrogen-bond donors (Lipinski definition) is 3. The van der Waals surface area contributed by atoms with E-state index in [1.165, 1.54) is 28.0 Å². The first-order chi connectivity index (χ1) is 15.6. The van der Waals surface area contributed by atoms with Crippen molar-refractivity contribution >= 4 is 62.8 Å². The van der Waals surface area contributed by atoms with Crippen molar-refractivity contribution < 1.29 is 32.5 Å². The van der Waals surface area contributed by atoms with E-state index in [9.17, 15) is 27.9 Å². The molecule has 13 nitrogen and oxygen atoms in total. The summed E-state index contributed by atoms with van der Waals surface area (Å²) in [6.07, 6.45) is 0.173. The number of hydrogen-bond acceptors (Lipinski definition) is 11. The SMILES string of the molecule is O=C(Cc1cccs1)NC1C(=O)N2CC(CSc3nnnn3CS(=O)(=O)O)(C(=O)O)CS[C@H]12. The van der Waals surface area contributed by atoms with Crippen molar-refractivity contribution in [2.24, 2.45) is 5.41 Å². The molecule has 17 heteroatoms. The fourth-order valence-corrected chi connectivity index (χ4v) is 7.45. The van der Waals surface area contributed by atoms with E-state index < -0.39 is 33.4 Å². The number of rotatable bonds is 9. The van der Waals surface area contributed by atoms with Gasteiger partial charge in [0.25, 0.3) is 10.1 Å². The number of nitrogens with zero attached hydrogens (tertiary/aromatic N) is 5. The minimum absolute atomic E-state index is 0.0222. The number of aromatic nitrogens is 4. The van der Waals surface area contributed by atoms with Crippen LogP contribution >= 0.6 is 34.9 Å². The molecule has 0 aromatic carbocycles. The van der Waals surface area contributed by atoms with E-state index in [4.69, 9.17) is 4.55 Å². The molecular formula is C16H18N6O7S4. The lowest BCUT2D eigenvalue weighted by Crippen LogP contribution is -2.74. The van der Waals surface area contributed by atoms with Crippen molar-refractivity contribution in [2.75, 3.05) is 18.1 Å². The monoisotopic (exact) mass is 534 g/mol. The van der Waals surface area contributed by atoms with Crippen molar-refractivity contribution in [1.29, 1.82) is 0 Å². The number of carboxylic acid groups (broad SMARTS) is 1. The molecule has 33 heavy (non-hydrogen) atoms. The van der Waals surface area contributed by atoms with Gasteiger partial charge in [-0.1, -0.05) is 17.8 Å². The molecule has 4 rings (SSSR count). The molecule has 2 aliphatic rings. The number of carbonyl (C=O) groups excluding carboxylic acids is 2. The number of β-lactam (4-membered cyclic amide) rings is 1. The van der Waals surface area contributed by atoms with Crippen LogP contribution in [0.5, 0.6) is 0 Å². The Hall–Kier alpha value is -2.21. The first-order valence-corrected chi connectivity index (χ1v) is 13.9. The Labute approximate surface area is 200 Å². The number of thiophene rings is 1. The minimum atomic E-state index is -4.39. The summed E-state index contributed by atoms with van der Waals surface area (Å²) in [6, 6.07) is 2.97. The third kappa shape index (κ3) is 5.16. The molecule has 0 aliphatic carbocycles. The highest BCUT2D eigenvalue weighted by Gasteiger charge is 2.57. The molecule has 0 bridgehead atoms. The molecule has 2 fully saturated rings.